The molecule has 0 N–H and O–H groups in total. The highest BCUT2D eigenvalue weighted by Gasteiger charge is 2.30. The Labute approximate surface area is 177 Å². The number of para-hydroxylation sites is 3. The number of hydrogen-bond donors (Lipinski definition) is 0. The number of nitrogens with zero attached hydrogens (tertiary/aromatic N) is 2. The highest BCUT2D eigenvalue weighted by atomic mass is 16.5. The third-order valence-electron chi connectivity index (χ3n) is 5.34. The predicted octanol–water partition coefficient (Wildman–Crippen LogP) is 4.16. The summed E-state index contributed by atoms with van der Waals surface area (Å²) in [6.07, 6.45) is -0.661. The fraction of sp³-hybridized carbons (Fsp3) is 0.240. The molecule has 3 aromatic carbocycles. The second-order valence-electron chi connectivity index (χ2n) is 7.21. The minimum Gasteiger partial charge on any atom is -0.495 e. The maximum absolute atomic E-state index is 13.4. The molecule has 1 aliphatic rings. The molecule has 1 unspecified atom stereocenters. The lowest BCUT2D eigenvalue weighted by molar-refractivity contribution is -0.139. The number of hydrogen-bond acceptors (Lipinski definition) is 4. The van der Waals surface area contributed by atoms with Crippen molar-refractivity contribution in [3.8, 4) is 11.5 Å². The standard InChI is InChI=1S/C25H26N2O3/c1-29-23-15-9-8-14-22(23)26-16-18-27(19-17-26)25(28)24(20-10-4-2-5-11-20)30-21-12-6-3-7-13-21/h2-15,24H,16-19H2,1H3. The van der Waals surface area contributed by atoms with Crippen molar-refractivity contribution in [2.75, 3.05) is 38.2 Å². The third kappa shape index (κ3) is 4.40. The molecule has 154 valence electrons. The Morgan fingerprint density at radius 1 is 0.800 bits per heavy atom. The van der Waals surface area contributed by atoms with Gasteiger partial charge in [-0.25, -0.2) is 0 Å². The molecule has 0 bridgehead atoms. The number of ether oxygens (including phenoxy) is 2. The van der Waals surface area contributed by atoms with Crippen molar-refractivity contribution in [2.45, 2.75) is 6.10 Å². The van der Waals surface area contributed by atoms with Crippen molar-refractivity contribution in [1.82, 2.24) is 4.90 Å². The van der Waals surface area contributed by atoms with Crippen LogP contribution in [0.3, 0.4) is 0 Å². The Balaban J connectivity index is 1.49. The molecule has 1 heterocycles. The van der Waals surface area contributed by atoms with E-state index in [4.69, 9.17) is 9.47 Å². The maximum atomic E-state index is 13.4. The summed E-state index contributed by atoms with van der Waals surface area (Å²) in [7, 11) is 1.68. The van der Waals surface area contributed by atoms with Crippen LogP contribution < -0.4 is 14.4 Å². The van der Waals surface area contributed by atoms with E-state index >= 15 is 0 Å². The molecule has 1 amide bonds. The minimum absolute atomic E-state index is 0.00951. The van der Waals surface area contributed by atoms with Gasteiger partial charge in [-0.1, -0.05) is 60.7 Å². The molecular formula is C25H26N2O3. The molecule has 0 saturated carbocycles. The zero-order valence-corrected chi connectivity index (χ0v) is 17.1. The van der Waals surface area contributed by atoms with Gasteiger partial charge < -0.3 is 19.3 Å². The van der Waals surface area contributed by atoms with E-state index in [1.807, 2.05) is 83.8 Å². The molecule has 0 aliphatic carbocycles. The number of amides is 1. The molecule has 0 aromatic heterocycles. The lowest BCUT2D eigenvalue weighted by atomic mass is 10.1. The molecule has 5 heteroatoms. The lowest BCUT2D eigenvalue weighted by Gasteiger charge is -2.38. The Morgan fingerprint density at radius 2 is 1.40 bits per heavy atom. The minimum atomic E-state index is -0.661. The van der Waals surface area contributed by atoms with E-state index in [1.54, 1.807) is 7.11 Å². The summed E-state index contributed by atoms with van der Waals surface area (Å²) in [5.74, 6) is 1.53. The molecule has 30 heavy (non-hydrogen) atoms. The van der Waals surface area contributed by atoms with Crippen LogP contribution in [0.2, 0.25) is 0 Å². The average molecular weight is 402 g/mol. The fourth-order valence-corrected chi connectivity index (χ4v) is 3.75. The fourth-order valence-electron chi connectivity index (χ4n) is 3.75. The van der Waals surface area contributed by atoms with Gasteiger partial charge in [0.05, 0.1) is 12.8 Å². The van der Waals surface area contributed by atoms with Crippen molar-refractivity contribution in [3.63, 3.8) is 0 Å². The Morgan fingerprint density at radius 3 is 2.07 bits per heavy atom. The van der Waals surface area contributed by atoms with Gasteiger partial charge in [0.2, 0.25) is 6.10 Å². The van der Waals surface area contributed by atoms with Gasteiger partial charge in [0.25, 0.3) is 5.91 Å². The van der Waals surface area contributed by atoms with Crippen molar-refractivity contribution in [1.29, 1.82) is 0 Å². The normalized spacial score (nSPS) is 14.8. The van der Waals surface area contributed by atoms with E-state index in [-0.39, 0.29) is 5.91 Å². The van der Waals surface area contributed by atoms with Crippen LogP contribution in [0, 0.1) is 0 Å². The van der Waals surface area contributed by atoms with Crippen LogP contribution in [-0.2, 0) is 4.79 Å². The second kappa shape index (κ2) is 9.35. The summed E-state index contributed by atoms with van der Waals surface area (Å²) < 4.78 is 11.6. The maximum Gasteiger partial charge on any atom is 0.268 e. The van der Waals surface area contributed by atoms with Crippen LogP contribution in [0.15, 0.2) is 84.9 Å². The molecule has 4 rings (SSSR count). The van der Waals surface area contributed by atoms with Crippen LogP contribution in [-0.4, -0.2) is 44.1 Å². The molecule has 5 nitrogen and oxygen atoms in total. The van der Waals surface area contributed by atoms with Crippen LogP contribution in [0.1, 0.15) is 11.7 Å². The van der Waals surface area contributed by atoms with Gasteiger partial charge in [-0.05, 0) is 24.3 Å². The van der Waals surface area contributed by atoms with Gasteiger partial charge in [-0.2, -0.15) is 0 Å². The molecule has 1 atom stereocenters. The molecule has 0 radical (unpaired) electrons. The first kappa shape index (κ1) is 19.8. The van der Waals surface area contributed by atoms with Crippen molar-refractivity contribution in [3.05, 3.63) is 90.5 Å². The first-order chi connectivity index (χ1) is 14.8. The van der Waals surface area contributed by atoms with Gasteiger partial charge in [0.1, 0.15) is 11.5 Å². The number of benzene rings is 3. The quantitative estimate of drug-likeness (QED) is 0.621. The highest BCUT2D eigenvalue weighted by Crippen LogP contribution is 2.29. The highest BCUT2D eigenvalue weighted by molar-refractivity contribution is 5.83. The van der Waals surface area contributed by atoms with E-state index in [0.29, 0.717) is 18.8 Å². The summed E-state index contributed by atoms with van der Waals surface area (Å²) >= 11 is 0. The number of piperazine rings is 1. The van der Waals surface area contributed by atoms with E-state index in [2.05, 4.69) is 11.0 Å². The van der Waals surface area contributed by atoms with Crippen molar-refractivity contribution >= 4 is 11.6 Å². The Kier molecular flexibility index (Phi) is 6.18. The third-order valence-corrected chi connectivity index (χ3v) is 5.34. The van der Waals surface area contributed by atoms with Crippen LogP contribution in [0.25, 0.3) is 0 Å². The van der Waals surface area contributed by atoms with Crippen molar-refractivity contribution in [2.24, 2.45) is 0 Å². The molecule has 0 spiro atoms. The second-order valence-corrected chi connectivity index (χ2v) is 7.21. The Bertz CT molecular complexity index is 954. The smallest absolute Gasteiger partial charge is 0.268 e. The molecule has 3 aromatic rings. The summed E-state index contributed by atoms with van der Waals surface area (Å²) in [6, 6.07) is 27.2. The number of anilines is 1. The van der Waals surface area contributed by atoms with Crippen LogP contribution in [0.4, 0.5) is 5.69 Å². The number of carbonyl (C=O) groups is 1. The van der Waals surface area contributed by atoms with Gasteiger partial charge in [-0.3, -0.25) is 4.79 Å². The first-order valence-electron chi connectivity index (χ1n) is 10.2. The van der Waals surface area contributed by atoms with E-state index in [1.165, 1.54) is 0 Å². The first-order valence-corrected chi connectivity index (χ1v) is 10.2. The monoisotopic (exact) mass is 402 g/mol. The zero-order valence-electron chi connectivity index (χ0n) is 17.1. The van der Waals surface area contributed by atoms with Gasteiger partial charge >= 0.3 is 0 Å². The molecular weight excluding hydrogens is 376 g/mol. The number of carbonyl (C=O) groups excluding carboxylic acids is 1. The topological polar surface area (TPSA) is 42.0 Å². The van der Waals surface area contributed by atoms with Gasteiger partial charge in [0, 0.05) is 31.7 Å². The summed E-state index contributed by atoms with van der Waals surface area (Å²) in [4.78, 5) is 17.6. The SMILES string of the molecule is COc1ccccc1N1CCN(C(=O)C(Oc2ccccc2)c2ccccc2)CC1. The Hall–Kier alpha value is -3.47. The average Bonchev–Trinajstić information content (AvgIpc) is 2.83. The van der Waals surface area contributed by atoms with Gasteiger partial charge in [-0.15, -0.1) is 0 Å². The lowest BCUT2D eigenvalue weighted by Crippen LogP contribution is -2.50. The molecule has 1 fully saturated rings. The van der Waals surface area contributed by atoms with E-state index in [0.717, 1.165) is 30.1 Å². The van der Waals surface area contributed by atoms with Crippen molar-refractivity contribution < 1.29 is 14.3 Å². The molecule has 1 saturated heterocycles. The molecule has 1 aliphatic heterocycles. The predicted molar refractivity (Wildman–Crippen MR) is 118 cm³/mol. The summed E-state index contributed by atoms with van der Waals surface area (Å²) in [5, 5.41) is 0. The largest absolute Gasteiger partial charge is 0.495 e. The van der Waals surface area contributed by atoms with Crippen LogP contribution >= 0.6 is 0 Å². The van der Waals surface area contributed by atoms with Crippen LogP contribution in [0.5, 0.6) is 11.5 Å². The summed E-state index contributed by atoms with van der Waals surface area (Å²) in [6.45, 7) is 2.77. The van der Waals surface area contributed by atoms with E-state index in [9.17, 15) is 4.79 Å². The number of methoxy groups -OCH3 is 1. The van der Waals surface area contributed by atoms with Gasteiger partial charge in [0.15, 0.2) is 0 Å². The van der Waals surface area contributed by atoms with E-state index < -0.39 is 6.10 Å². The zero-order chi connectivity index (χ0) is 20.8. The number of rotatable bonds is 6. The summed E-state index contributed by atoms with van der Waals surface area (Å²) in [5.41, 5.74) is 1.92.